The largest absolute Gasteiger partial charge is 0.448 e. The second kappa shape index (κ2) is 5.52. The first-order valence-electron chi connectivity index (χ1n) is 5.50. The first-order chi connectivity index (χ1) is 8.70. The third-order valence-electron chi connectivity index (χ3n) is 2.57. The van der Waals surface area contributed by atoms with Gasteiger partial charge in [-0.05, 0) is 12.1 Å². The molecule has 2 rings (SSSR count). The van der Waals surface area contributed by atoms with Gasteiger partial charge in [-0.1, -0.05) is 17.9 Å². The van der Waals surface area contributed by atoms with Crippen molar-refractivity contribution in [2.75, 3.05) is 19.8 Å². The number of amides is 1. The van der Waals surface area contributed by atoms with Crippen LogP contribution in [-0.4, -0.2) is 35.9 Å². The molecule has 1 aliphatic rings. The number of rotatable bonds is 2. The topological polar surface area (TPSA) is 49.8 Å². The summed E-state index contributed by atoms with van der Waals surface area (Å²) in [5.41, 5.74) is 0.915. The second-order valence-corrected chi connectivity index (χ2v) is 3.80. The Hall–Kier alpha value is -2.06. The van der Waals surface area contributed by atoms with Crippen LogP contribution in [-0.2, 0) is 11.3 Å². The molecule has 0 bridgehead atoms. The van der Waals surface area contributed by atoms with E-state index in [0.717, 1.165) is 0 Å². The van der Waals surface area contributed by atoms with Gasteiger partial charge in [0.2, 0.25) is 0 Å². The highest BCUT2D eigenvalue weighted by molar-refractivity contribution is 5.69. The number of carbonyl (C=O) groups excluding carboxylic acids is 1. The Balaban J connectivity index is 2.12. The number of ether oxygens (including phenoxy) is 1. The highest BCUT2D eigenvalue weighted by Gasteiger charge is 2.22. The smallest absolute Gasteiger partial charge is 0.410 e. The summed E-state index contributed by atoms with van der Waals surface area (Å²) in [5.74, 6) is 4.65. The van der Waals surface area contributed by atoms with Gasteiger partial charge in [-0.3, -0.25) is 0 Å². The fourth-order valence-electron chi connectivity index (χ4n) is 1.67. The summed E-state index contributed by atoms with van der Waals surface area (Å²) < 4.78 is 18.5. The Morgan fingerprint density at radius 1 is 1.50 bits per heavy atom. The van der Waals surface area contributed by atoms with Crippen molar-refractivity contribution in [3.05, 3.63) is 35.1 Å². The molecule has 1 heterocycles. The second-order valence-electron chi connectivity index (χ2n) is 3.80. The van der Waals surface area contributed by atoms with Crippen molar-refractivity contribution in [2.24, 2.45) is 0 Å². The number of aliphatic hydroxyl groups is 1. The van der Waals surface area contributed by atoms with E-state index < -0.39 is 11.9 Å². The summed E-state index contributed by atoms with van der Waals surface area (Å²) in [6.45, 7) is 0.756. The number of cyclic esters (lactones) is 1. The molecule has 0 spiro atoms. The van der Waals surface area contributed by atoms with Crippen LogP contribution in [0.25, 0.3) is 0 Å². The number of aliphatic hydroxyl groups excluding tert-OH is 1. The fourth-order valence-corrected chi connectivity index (χ4v) is 1.67. The van der Waals surface area contributed by atoms with E-state index in [1.807, 2.05) is 0 Å². The van der Waals surface area contributed by atoms with Gasteiger partial charge >= 0.3 is 6.09 Å². The molecule has 1 aromatic rings. The molecule has 0 unspecified atom stereocenters. The van der Waals surface area contributed by atoms with Crippen LogP contribution in [0.4, 0.5) is 9.18 Å². The van der Waals surface area contributed by atoms with Gasteiger partial charge in [-0.25, -0.2) is 9.18 Å². The molecule has 0 aromatic heterocycles. The number of hydrogen-bond donors (Lipinski definition) is 1. The van der Waals surface area contributed by atoms with Gasteiger partial charge in [0.15, 0.2) is 0 Å². The monoisotopic (exact) mass is 249 g/mol. The Kier molecular flexibility index (Phi) is 3.80. The lowest BCUT2D eigenvalue weighted by atomic mass is 10.1. The molecule has 0 saturated carbocycles. The normalized spacial score (nSPS) is 14.1. The molecule has 1 fully saturated rings. The van der Waals surface area contributed by atoms with Crippen molar-refractivity contribution in [1.29, 1.82) is 0 Å². The minimum atomic E-state index is -0.418. The van der Waals surface area contributed by atoms with Crippen molar-refractivity contribution in [3.8, 4) is 11.8 Å². The van der Waals surface area contributed by atoms with Gasteiger partial charge < -0.3 is 14.7 Å². The number of nitrogens with zero attached hydrogens (tertiary/aromatic N) is 1. The van der Waals surface area contributed by atoms with E-state index in [2.05, 4.69) is 11.8 Å². The zero-order valence-corrected chi connectivity index (χ0v) is 9.65. The molecule has 1 saturated heterocycles. The van der Waals surface area contributed by atoms with Crippen LogP contribution in [0, 0.1) is 17.7 Å². The SMILES string of the molecule is O=C1OCCN1Cc1ccc(C#CCO)cc1F. The first-order valence-corrected chi connectivity index (χ1v) is 5.50. The summed E-state index contributed by atoms with van der Waals surface area (Å²) in [6, 6.07) is 4.53. The summed E-state index contributed by atoms with van der Waals surface area (Å²) in [5, 5.41) is 8.54. The van der Waals surface area contributed by atoms with Crippen LogP contribution >= 0.6 is 0 Å². The van der Waals surface area contributed by atoms with Crippen molar-refractivity contribution in [2.45, 2.75) is 6.54 Å². The standard InChI is InChI=1S/C13H12FNO3/c14-12-8-10(2-1-6-16)3-4-11(12)9-15-5-7-18-13(15)17/h3-4,8,16H,5-7,9H2. The number of hydrogen-bond acceptors (Lipinski definition) is 3. The summed E-state index contributed by atoms with van der Waals surface area (Å²) in [7, 11) is 0. The molecule has 1 amide bonds. The maximum absolute atomic E-state index is 13.7. The van der Waals surface area contributed by atoms with Crippen LogP contribution in [0.15, 0.2) is 18.2 Å². The predicted octanol–water partition coefficient (Wildman–Crippen LogP) is 1.12. The van der Waals surface area contributed by atoms with Gasteiger partial charge in [0.05, 0.1) is 13.1 Å². The van der Waals surface area contributed by atoms with Gasteiger partial charge in [-0.2, -0.15) is 0 Å². The molecule has 1 aliphatic heterocycles. The van der Waals surface area contributed by atoms with Gasteiger partial charge in [0.25, 0.3) is 0 Å². The maximum Gasteiger partial charge on any atom is 0.410 e. The van der Waals surface area contributed by atoms with Crippen LogP contribution in [0.2, 0.25) is 0 Å². The average Bonchev–Trinajstić information content (AvgIpc) is 2.75. The minimum absolute atomic E-state index is 0.193. The molecule has 18 heavy (non-hydrogen) atoms. The molecule has 1 N–H and O–H groups in total. The zero-order valence-electron chi connectivity index (χ0n) is 9.65. The van der Waals surface area contributed by atoms with Gasteiger partial charge in [0.1, 0.15) is 19.0 Å². The van der Waals surface area contributed by atoms with E-state index in [0.29, 0.717) is 24.3 Å². The quantitative estimate of drug-likeness (QED) is 0.799. The van der Waals surface area contributed by atoms with Crippen LogP contribution in [0.5, 0.6) is 0 Å². The highest BCUT2D eigenvalue weighted by Crippen LogP contribution is 2.15. The molecule has 5 heteroatoms. The molecule has 4 nitrogen and oxygen atoms in total. The van der Waals surface area contributed by atoms with E-state index >= 15 is 0 Å². The number of carbonyl (C=O) groups is 1. The third kappa shape index (κ3) is 2.79. The van der Waals surface area contributed by atoms with E-state index in [1.54, 1.807) is 12.1 Å². The van der Waals surface area contributed by atoms with Crippen LogP contribution in [0.3, 0.4) is 0 Å². The summed E-state index contributed by atoms with van der Waals surface area (Å²) in [6.07, 6.45) is -0.418. The van der Waals surface area contributed by atoms with Crippen LogP contribution in [0.1, 0.15) is 11.1 Å². The lowest BCUT2D eigenvalue weighted by molar-refractivity contribution is 0.157. The molecule has 1 aromatic carbocycles. The third-order valence-corrected chi connectivity index (χ3v) is 2.57. The average molecular weight is 249 g/mol. The fraction of sp³-hybridized carbons (Fsp3) is 0.308. The molecular weight excluding hydrogens is 237 g/mol. The minimum Gasteiger partial charge on any atom is -0.448 e. The Morgan fingerprint density at radius 3 is 2.94 bits per heavy atom. The zero-order chi connectivity index (χ0) is 13.0. The number of benzene rings is 1. The van der Waals surface area contributed by atoms with Crippen molar-refractivity contribution >= 4 is 6.09 Å². The van der Waals surface area contributed by atoms with Crippen molar-refractivity contribution in [3.63, 3.8) is 0 Å². The van der Waals surface area contributed by atoms with Gasteiger partial charge in [0, 0.05) is 11.1 Å². The Morgan fingerprint density at radius 2 is 2.33 bits per heavy atom. The van der Waals surface area contributed by atoms with Crippen molar-refractivity contribution < 1.29 is 19.0 Å². The molecular formula is C13H12FNO3. The lowest BCUT2D eigenvalue weighted by Crippen LogP contribution is -2.24. The molecule has 94 valence electrons. The highest BCUT2D eigenvalue weighted by atomic mass is 19.1. The molecule has 0 aliphatic carbocycles. The number of halogens is 1. The van der Waals surface area contributed by atoms with E-state index in [-0.39, 0.29) is 13.2 Å². The first kappa shape index (κ1) is 12.4. The maximum atomic E-state index is 13.7. The van der Waals surface area contributed by atoms with E-state index in [1.165, 1.54) is 11.0 Å². The van der Waals surface area contributed by atoms with Gasteiger partial charge in [-0.15, -0.1) is 0 Å². The Labute approximate surface area is 104 Å². The lowest BCUT2D eigenvalue weighted by Gasteiger charge is -2.13. The Bertz CT molecular complexity index is 519. The molecule has 0 radical (unpaired) electrons. The van der Waals surface area contributed by atoms with E-state index in [4.69, 9.17) is 9.84 Å². The predicted molar refractivity (Wildman–Crippen MR) is 62.1 cm³/mol. The van der Waals surface area contributed by atoms with Crippen LogP contribution < -0.4 is 0 Å². The van der Waals surface area contributed by atoms with Crippen molar-refractivity contribution in [1.82, 2.24) is 4.90 Å². The summed E-state index contributed by atoms with van der Waals surface area (Å²) in [4.78, 5) is 12.7. The van der Waals surface area contributed by atoms with E-state index in [9.17, 15) is 9.18 Å². The molecule has 0 atom stereocenters. The summed E-state index contributed by atoms with van der Waals surface area (Å²) >= 11 is 0.